The fourth-order valence-electron chi connectivity index (χ4n) is 1.42. The third-order valence-corrected chi connectivity index (χ3v) is 2.63. The van der Waals surface area contributed by atoms with Gasteiger partial charge in [0.25, 0.3) is 0 Å². The lowest BCUT2D eigenvalue weighted by molar-refractivity contribution is -0.126. The van der Waals surface area contributed by atoms with Gasteiger partial charge in [-0.1, -0.05) is 12.2 Å². The molecule has 48 valence electrons. The van der Waals surface area contributed by atoms with E-state index in [-0.39, 0.29) is 11.8 Å². The average Bonchev–Trinajstić information content (AvgIpc) is 2.37. The lowest BCUT2D eigenvalue weighted by atomic mass is 10.1. The maximum Gasteiger partial charge on any atom is 0.232 e. The van der Waals surface area contributed by atoms with Crippen LogP contribution in [0, 0.1) is 5.92 Å². The molecule has 0 aromatic carbocycles. The Morgan fingerprint density at radius 3 is 2.78 bits per heavy atom. The first-order chi connectivity index (χ1) is 4.29. The number of hydrogen-bond acceptors (Lipinski definition) is 1. The summed E-state index contributed by atoms with van der Waals surface area (Å²) in [5.41, 5.74) is 0. The van der Waals surface area contributed by atoms with E-state index in [1.165, 1.54) is 0 Å². The minimum atomic E-state index is 0.201. The summed E-state index contributed by atoms with van der Waals surface area (Å²) >= 11 is 0. The molecule has 1 saturated heterocycles. The molecule has 0 radical (unpaired) electrons. The maximum atomic E-state index is 11.0. The maximum absolute atomic E-state index is 11.0. The molecule has 9 heavy (non-hydrogen) atoms. The highest BCUT2D eigenvalue weighted by molar-refractivity contribution is 7.14. The molecule has 1 aliphatic heterocycles. The van der Waals surface area contributed by atoms with Crippen LogP contribution < -0.4 is 0 Å². The Balaban J connectivity index is 2.36. The summed E-state index contributed by atoms with van der Waals surface area (Å²) in [7, 11) is 2.46. The lowest BCUT2D eigenvalue weighted by Gasteiger charge is -2.16. The van der Waals surface area contributed by atoms with Crippen molar-refractivity contribution in [2.75, 3.05) is 0 Å². The smallest absolute Gasteiger partial charge is 0.232 e. The minimum absolute atomic E-state index is 0.201. The molecule has 0 saturated carbocycles. The number of nitrogens with zero attached hydrogens (tertiary/aromatic N) is 1. The van der Waals surface area contributed by atoms with Gasteiger partial charge < -0.3 is 4.67 Å². The van der Waals surface area contributed by atoms with Crippen LogP contribution in [-0.4, -0.2) is 16.6 Å². The summed E-state index contributed by atoms with van der Waals surface area (Å²) < 4.78 is 1.74. The molecule has 0 N–H and O–H groups in total. The number of hydrogen-bond donors (Lipinski definition) is 0. The fourth-order valence-corrected chi connectivity index (χ4v) is 1.84. The lowest BCUT2D eigenvalue weighted by Crippen LogP contribution is -2.24. The fraction of sp³-hybridized carbons (Fsp3) is 0.500. The molecule has 1 aliphatic carbocycles. The molecule has 0 spiro atoms. The molecule has 3 heteroatoms. The van der Waals surface area contributed by atoms with Crippen molar-refractivity contribution in [3.8, 4) is 0 Å². The molecule has 1 heterocycles. The van der Waals surface area contributed by atoms with E-state index >= 15 is 0 Å². The van der Waals surface area contributed by atoms with Gasteiger partial charge in [0.15, 0.2) is 0 Å². The summed E-state index contributed by atoms with van der Waals surface area (Å²) in [6.45, 7) is 0. The number of fused-ring (bicyclic) bond motifs is 2. The van der Waals surface area contributed by atoms with E-state index in [0.29, 0.717) is 6.04 Å². The summed E-state index contributed by atoms with van der Waals surface area (Å²) in [6, 6.07) is 0.382. The van der Waals surface area contributed by atoms with Gasteiger partial charge in [-0.2, -0.15) is 0 Å². The third-order valence-electron chi connectivity index (χ3n) is 1.99. The highest BCUT2D eigenvalue weighted by atomic mass is 31.0. The van der Waals surface area contributed by atoms with Crippen LogP contribution in [0.25, 0.3) is 0 Å². The minimum Gasteiger partial charge on any atom is -0.320 e. The first-order valence-electron chi connectivity index (χ1n) is 3.05. The molecule has 0 aromatic heterocycles. The van der Waals surface area contributed by atoms with E-state index in [9.17, 15) is 4.79 Å². The molecule has 2 bridgehead atoms. The first kappa shape index (κ1) is 5.43. The van der Waals surface area contributed by atoms with E-state index in [4.69, 9.17) is 0 Å². The van der Waals surface area contributed by atoms with Crippen LogP contribution in [0.2, 0.25) is 0 Å². The average molecular weight is 141 g/mol. The molecule has 0 aromatic rings. The summed E-state index contributed by atoms with van der Waals surface area (Å²) in [6.07, 6.45) is 5.11. The first-order valence-corrected chi connectivity index (χ1v) is 3.57. The van der Waals surface area contributed by atoms with Gasteiger partial charge in [0.05, 0.1) is 12.0 Å². The van der Waals surface area contributed by atoms with Gasteiger partial charge in [-0.25, -0.2) is 0 Å². The zero-order valence-electron chi connectivity index (χ0n) is 4.95. The Bertz CT molecular complexity index is 189. The summed E-state index contributed by atoms with van der Waals surface area (Å²) in [5, 5.41) is 0. The number of carbonyl (C=O) groups excluding carboxylic acids is 1. The Hall–Kier alpha value is -0.360. The van der Waals surface area contributed by atoms with Crippen molar-refractivity contribution in [3.63, 3.8) is 0 Å². The Labute approximate surface area is 56.2 Å². The number of rotatable bonds is 0. The second-order valence-corrected chi connectivity index (χ2v) is 3.10. The highest BCUT2D eigenvalue weighted by Gasteiger charge is 2.38. The molecular formula is C6H8NOP. The van der Waals surface area contributed by atoms with Gasteiger partial charge in [0.1, 0.15) is 0 Å². The van der Waals surface area contributed by atoms with Gasteiger partial charge in [-0.15, -0.1) is 0 Å². The van der Waals surface area contributed by atoms with E-state index in [0.717, 1.165) is 6.42 Å². The van der Waals surface area contributed by atoms with Gasteiger partial charge in [0, 0.05) is 0 Å². The van der Waals surface area contributed by atoms with Gasteiger partial charge in [0.2, 0.25) is 5.91 Å². The van der Waals surface area contributed by atoms with Crippen LogP contribution in [0.1, 0.15) is 6.42 Å². The standard InChI is InChI=1S/C6H8NOP/c8-6-4-1-2-5(3-4)7(6)9/h1-2,4-5H,3,9H2. The van der Waals surface area contributed by atoms with Crippen molar-refractivity contribution in [3.05, 3.63) is 12.2 Å². The number of amides is 1. The summed E-state index contributed by atoms with van der Waals surface area (Å²) in [4.78, 5) is 11.0. The van der Waals surface area contributed by atoms with Crippen LogP contribution in [0.15, 0.2) is 12.2 Å². The molecule has 1 fully saturated rings. The predicted octanol–water partition coefficient (Wildman–Crippen LogP) is 0.563. The molecule has 2 rings (SSSR count). The van der Waals surface area contributed by atoms with Crippen LogP contribution in [0.5, 0.6) is 0 Å². The van der Waals surface area contributed by atoms with Crippen LogP contribution in [0.3, 0.4) is 0 Å². The van der Waals surface area contributed by atoms with E-state index in [2.05, 4.69) is 15.5 Å². The molecular weight excluding hydrogens is 133 g/mol. The Morgan fingerprint density at radius 2 is 2.44 bits per heavy atom. The normalized spacial score (nSPS) is 38.8. The topological polar surface area (TPSA) is 20.3 Å². The van der Waals surface area contributed by atoms with Gasteiger partial charge in [-0.05, 0) is 15.8 Å². The number of carbonyl (C=O) groups is 1. The van der Waals surface area contributed by atoms with Crippen molar-refractivity contribution in [2.45, 2.75) is 12.5 Å². The van der Waals surface area contributed by atoms with Crippen molar-refractivity contribution >= 4 is 15.3 Å². The van der Waals surface area contributed by atoms with Crippen LogP contribution >= 0.6 is 9.39 Å². The SMILES string of the molecule is O=C1C2C=CC(C2)N1P. The van der Waals surface area contributed by atoms with Crippen LogP contribution in [0.4, 0.5) is 0 Å². The predicted molar refractivity (Wildman–Crippen MR) is 37.6 cm³/mol. The van der Waals surface area contributed by atoms with Crippen molar-refractivity contribution in [1.82, 2.24) is 4.67 Å². The molecule has 1 amide bonds. The Kier molecular flexibility index (Phi) is 0.948. The zero-order chi connectivity index (χ0) is 6.43. The van der Waals surface area contributed by atoms with E-state index in [1.54, 1.807) is 4.67 Å². The molecule has 3 atom stereocenters. The highest BCUT2D eigenvalue weighted by Crippen LogP contribution is 2.34. The molecule has 2 aliphatic rings. The van der Waals surface area contributed by atoms with Crippen LogP contribution in [-0.2, 0) is 4.79 Å². The van der Waals surface area contributed by atoms with Crippen molar-refractivity contribution in [2.24, 2.45) is 5.92 Å². The quantitative estimate of drug-likeness (QED) is 0.356. The third kappa shape index (κ3) is 0.570. The Morgan fingerprint density at radius 1 is 1.67 bits per heavy atom. The molecule has 2 nitrogen and oxygen atoms in total. The van der Waals surface area contributed by atoms with Crippen molar-refractivity contribution in [1.29, 1.82) is 0 Å². The van der Waals surface area contributed by atoms with Gasteiger partial charge >= 0.3 is 0 Å². The largest absolute Gasteiger partial charge is 0.320 e. The van der Waals surface area contributed by atoms with E-state index < -0.39 is 0 Å². The van der Waals surface area contributed by atoms with Crippen molar-refractivity contribution < 1.29 is 4.79 Å². The monoisotopic (exact) mass is 141 g/mol. The summed E-state index contributed by atoms with van der Waals surface area (Å²) in [5.74, 6) is 0.458. The zero-order valence-corrected chi connectivity index (χ0v) is 6.10. The van der Waals surface area contributed by atoms with Gasteiger partial charge in [-0.3, -0.25) is 4.79 Å². The second-order valence-electron chi connectivity index (χ2n) is 2.54. The molecule has 3 unspecified atom stereocenters. The second kappa shape index (κ2) is 1.57. The van der Waals surface area contributed by atoms with E-state index in [1.807, 2.05) is 6.08 Å².